The first-order valence-corrected chi connectivity index (χ1v) is 4.69. The van der Waals surface area contributed by atoms with Crippen LogP contribution in [0.3, 0.4) is 0 Å². The number of nitrogens with two attached hydrogens (primary N) is 1. The third-order valence-corrected chi connectivity index (χ3v) is 2.13. The smallest absolute Gasteiger partial charge is 0.127 e. The van der Waals surface area contributed by atoms with Gasteiger partial charge in [-0.1, -0.05) is 6.07 Å². The van der Waals surface area contributed by atoms with Crippen LogP contribution < -0.4 is 10.6 Å². The zero-order valence-electron chi connectivity index (χ0n) is 8.18. The molecule has 0 atom stereocenters. The average molecular weight is 201 g/mol. The van der Waals surface area contributed by atoms with E-state index >= 15 is 0 Å². The minimum Gasteiger partial charge on any atom is -0.412 e. The number of rotatable bonds is 3. The Hall–Kier alpha value is -1.99. The lowest BCUT2D eigenvalue weighted by molar-refractivity contribution is 0.127. The van der Waals surface area contributed by atoms with E-state index < -0.39 is 0 Å². The van der Waals surface area contributed by atoms with Gasteiger partial charge in [0.2, 0.25) is 0 Å². The number of fused-ring (bicyclic) bond motifs is 1. The predicted octanol–water partition coefficient (Wildman–Crippen LogP) is 0.900. The van der Waals surface area contributed by atoms with Crippen molar-refractivity contribution in [3.8, 4) is 6.07 Å². The predicted molar refractivity (Wildman–Crippen MR) is 57.2 cm³/mol. The summed E-state index contributed by atoms with van der Waals surface area (Å²) >= 11 is 0. The van der Waals surface area contributed by atoms with Crippen LogP contribution in [0.5, 0.6) is 0 Å². The Morgan fingerprint density at radius 2 is 2.27 bits per heavy atom. The molecule has 0 saturated heterocycles. The maximum atomic E-state index is 8.78. The monoisotopic (exact) mass is 201 g/mol. The van der Waals surface area contributed by atoms with Gasteiger partial charge in [0.1, 0.15) is 6.61 Å². The molecule has 0 amide bonds. The number of aromatic nitrogens is 1. The standard InChI is InChI=1S/C11H11N3O/c12-4-6-15-14-5-3-10-2-1-9(8-13)7-11(10)14/h1-3,5,7H,4,6,12H2. The van der Waals surface area contributed by atoms with E-state index in [0.29, 0.717) is 18.7 Å². The van der Waals surface area contributed by atoms with Gasteiger partial charge in [-0.25, -0.2) is 0 Å². The van der Waals surface area contributed by atoms with Gasteiger partial charge in [0.15, 0.2) is 0 Å². The number of nitrogens with zero attached hydrogens (tertiary/aromatic N) is 2. The van der Waals surface area contributed by atoms with E-state index in [1.165, 1.54) is 0 Å². The maximum Gasteiger partial charge on any atom is 0.127 e. The lowest BCUT2D eigenvalue weighted by Crippen LogP contribution is -2.18. The molecular formula is C11H11N3O. The molecular weight excluding hydrogens is 190 g/mol. The fourth-order valence-electron chi connectivity index (χ4n) is 1.44. The summed E-state index contributed by atoms with van der Waals surface area (Å²) in [5, 5.41) is 9.83. The number of hydrogen-bond donors (Lipinski definition) is 1. The van der Waals surface area contributed by atoms with E-state index in [9.17, 15) is 0 Å². The first-order valence-electron chi connectivity index (χ1n) is 4.69. The maximum absolute atomic E-state index is 8.78. The van der Waals surface area contributed by atoms with E-state index in [4.69, 9.17) is 15.8 Å². The third-order valence-electron chi connectivity index (χ3n) is 2.13. The number of nitriles is 1. The van der Waals surface area contributed by atoms with Crippen LogP contribution in [0.25, 0.3) is 10.9 Å². The van der Waals surface area contributed by atoms with E-state index in [-0.39, 0.29) is 0 Å². The van der Waals surface area contributed by atoms with E-state index in [2.05, 4.69) is 6.07 Å². The number of hydrogen-bond acceptors (Lipinski definition) is 3. The molecule has 0 aliphatic carbocycles. The molecule has 0 unspecified atom stereocenters. The molecule has 0 aliphatic heterocycles. The fourth-order valence-corrected chi connectivity index (χ4v) is 1.44. The van der Waals surface area contributed by atoms with Crippen LogP contribution >= 0.6 is 0 Å². The van der Waals surface area contributed by atoms with E-state index in [1.54, 1.807) is 16.9 Å². The number of benzene rings is 1. The Morgan fingerprint density at radius 1 is 1.40 bits per heavy atom. The highest BCUT2D eigenvalue weighted by atomic mass is 16.7. The van der Waals surface area contributed by atoms with Gasteiger partial charge in [-0.05, 0) is 18.2 Å². The summed E-state index contributed by atoms with van der Waals surface area (Å²) in [5.74, 6) is 0. The van der Waals surface area contributed by atoms with Crippen molar-refractivity contribution >= 4 is 10.9 Å². The molecule has 4 heteroatoms. The molecule has 2 aromatic rings. The van der Waals surface area contributed by atoms with Crippen LogP contribution in [0.1, 0.15) is 5.56 Å². The minimum absolute atomic E-state index is 0.459. The van der Waals surface area contributed by atoms with Crippen LogP contribution in [0.2, 0.25) is 0 Å². The second-order valence-electron chi connectivity index (χ2n) is 3.15. The zero-order valence-corrected chi connectivity index (χ0v) is 8.18. The fraction of sp³-hybridized carbons (Fsp3) is 0.182. The topological polar surface area (TPSA) is 64.0 Å². The molecule has 2 rings (SSSR count). The Bertz CT molecular complexity index is 510. The minimum atomic E-state index is 0.459. The molecule has 1 aromatic heterocycles. The van der Waals surface area contributed by atoms with Gasteiger partial charge >= 0.3 is 0 Å². The quantitative estimate of drug-likeness (QED) is 0.802. The molecule has 1 heterocycles. The second-order valence-corrected chi connectivity index (χ2v) is 3.15. The molecule has 0 aliphatic rings. The highest BCUT2D eigenvalue weighted by Crippen LogP contribution is 2.16. The van der Waals surface area contributed by atoms with Crippen molar-refractivity contribution in [2.24, 2.45) is 5.73 Å². The van der Waals surface area contributed by atoms with Crippen molar-refractivity contribution in [2.75, 3.05) is 13.2 Å². The summed E-state index contributed by atoms with van der Waals surface area (Å²) in [6, 6.07) is 9.52. The Morgan fingerprint density at radius 3 is 3.00 bits per heavy atom. The van der Waals surface area contributed by atoms with Gasteiger partial charge in [0, 0.05) is 18.1 Å². The van der Waals surface area contributed by atoms with Gasteiger partial charge in [-0.15, -0.1) is 0 Å². The van der Waals surface area contributed by atoms with Gasteiger partial charge in [-0.2, -0.15) is 9.99 Å². The molecule has 76 valence electrons. The lowest BCUT2D eigenvalue weighted by atomic mass is 10.2. The largest absolute Gasteiger partial charge is 0.412 e. The zero-order chi connectivity index (χ0) is 10.7. The van der Waals surface area contributed by atoms with Gasteiger partial charge in [0.05, 0.1) is 17.1 Å². The molecule has 0 saturated carbocycles. The second kappa shape index (κ2) is 4.03. The molecule has 4 nitrogen and oxygen atoms in total. The van der Waals surface area contributed by atoms with Crippen molar-refractivity contribution in [3.63, 3.8) is 0 Å². The summed E-state index contributed by atoms with van der Waals surface area (Å²) in [6.45, 7) is 0.929. The molecule has 0 radical (unpaired) electrons. The van der Waals surface area contributed by atoms with Crippen molar-refractivity contribution in [2.45, 2.75) is 0 Å². The summed E-state index contributed by atoms with van der Waals surface area (Å²) < 4.78 is 1.64. The van der Waals surface area contributed by atoms with E-state index in [1.807, 2.05) is 18.3 Å². The van der Waals surface area contributed by atoms with Crippen molar-refractivity contribution in [1.82, 2.24) is 4.73 Å². The summed E-state index contributed by atoms with van der Waals surface area (Å²) in [4.78, 5) is 5.39. The van der Waals surface area contributed by atoms with Crippen molar-refractivity contribution < 1.29 is 4.84 Å². The molecule has 0 spiro atoms. The SMILES string of the molecule is N#Cc1ccc2ccn(OCCN)c2c1. The first kappa shape index (κ1) is 9.56. The molecule has 0 fully saturated rings. The lowest BCUT2D eigenvalue weighted by Gasteiger charge is -2.06. The Balaban J connectivity index is 2.43. The van der Waals surface area contributed by atoms with Gasteiger partial charge in [-0.3, -0.25) is 0 Å². The van der Waals surface area contributed by atoms with Crippen LogP contribution in [-0.4, -0.2) is 17.9 Å². The molecule has 2 N–H and O–H groups in total. The first-order chi connectivity index (χ1) is 7.35. The van der Waals surface area contributed by atoms with Crippen molar-refractivity contribution in [3.05, 3.63) is 36.0 Å². The Labute approximate surface area is 87.4 Å². The highest BCUT2D eigenvalue weighted by molar-refractivity contribution is 5.81. The summed E-state index contributed by atoms with van der Waals surface area (Å²) in [7, 11) is 0. The third kappa shape index (κ3) is 1.78. The van der Waals surface area contributed by atoms with Crippen LogP contribution in [-0.2, 0) is 0 Å². The van der Waals surface area contributed by atoms with E-state index in [0.717, 1.165) is 10.9 Å². The normalized spacial score (nSPS) is 10.1. The van der Waals surface area contributed by atoms with Gasteiger partial charge < -0.3 is 10.6 Å². The van der Waals surface area contributed by atoms with Crippen LogP contribution in [0.4, 0.5) is 0 Å². The average Bonchev–Trinajstić information content (AvgIpc) is 2.68. The van der Waals surface area contributed by atoms with Gasteiger partial charge in [0.25, 0.3) is 0 Å². The van der Waals surface area contributed by atoms with Crippen LogP contribution in [0.15, 0.2) is 30.5 Å². The molecule has 1 aromatic carbocycles. The Kier molecular flexibility index (Phi) is 2.57. The summed E-state index contributed by atoms with van der Waals surface area (Å²) in [5.41, 5.74) is 6.87. The molecule has 15 heavy (non-hydrogen) atoms. The van der Waals surface area contributed by atoms with Crippen molar-refractivity contribution in [1.29, 1.82) is 5.26 Å². The van der Waals surface area contributed by atoms with Crippen LogP contribution in [0, 0.1) is 11.3 Å². The molecule has 0 bridgehead atoms. The summed E-state index contributed by atoms with van der Waals surface area (Å²) in [6.07, 6.45) is 1.82. The highest BCUT2D eigenvalue weighted by Gasteiger charge is 2.02.